The molecule has 0 rings (SSSR count). The van der Waals surface area contributed by atoms with Crippen molar-refractivity contribution in [2.24, 2.45) is 5.73 Å². The topological polar surface area (TPSA) is 47.3 Å². The lowest BCUT2D eigenvalue weighted by Crippen LogP contribution is -2.38. The first-order valence-corrected chi connectivity index (χ1v) is 4.20. The Kier molecular flexibility index (Phi) is 6.51. The van der Waals surface area contributed by atoms with Gasteiger partial charge in [0.2, 0.25) is 0 Å². The lowest BCUT2D eigenvalue weighted by Gasteiger charge is -2.17. The standard InChI is InChI=1S/C8H20N2O/c1-4-7(2)10-6-8(5-9)11-3/h7-8,10H,4-6,9H2,1-3H3. The summed E-state index contributed by atoms with van der Waals surface area (Å²) in [5, 5.41) is 3.33. The van der Waals surface area contributed by atoms with Gasteiger partial charge in [0.25, 0.3) is 0 Å². The van der Waals surface area contributed by atoms with Gasteiger partial charge in [-0.2, -0.15) is 0 Å². The van der Waals surface area contributed by atoms with E-state index in [0.29, 0.717) is 12.6 Å². The maximum atomic E-state index is 5.45. The molecule has 0 aromatic carbocycles. The normalized spacial score (nSPS) is 16.4. The quantitative estimate of drug-likeness (QED) is 0.589. The Balaban J connectivity index is 3.34. The van der Waals surface area contributed by atoms with Crippen LogP contribution in [0.25, 0.3) is 0 Å². The predicted octanol–water partition coefficient (Wildman–Crippen LogP) is 0.348. The van der Waals surface area contributed by atoms with Crippen LogP contribution in [0.4, 0.5) is 0 Å². The Morgan fingerprint density at radius 3 is 2.55 bits per heavy atom. The molecule has 11 heavy (non-hydrogen) atoms. The summed E-state index contributed by atoms with van der Waals surface area (Å²) in [5.74, 6) is 0. The van der Waals surface area contributed by atoms with Gasteiger partial charge in [0.05, 0.1) is 6.10 Å². The highest BCUT2D eigenvalue weighted by molar-refractivity contribution is 4.65. The van der Waals surface area contributed by atoms with Crippen molar-refractivity contribution < 1.29 is 4.74 Å². The molecule has 3 N–H and O–H groups in total. The highest BCUT2D eigenvalue weighted by Gasteiger charge is 2.05. The van der Waals surface area contributed by atoms with Crippen LogP contribution in [0.1, 0.15) is 20.3 Å². The van der Waals surface area contributed by atoms with E-state index in [4.69, 9.17) is 10.5 Å². The third-order valence-corrected chi connectivity index (χ3v) is 1.90. The first kappa shape index (κ1) is 10.9. The van der Waals surface area contributed by atoms with E-state index in [0.717, 1.165) is 13.0 Å². The summed E-state index contributed by atoms with van der Waals surface area (Å²) in [6, 6.07) is 0.555. The SMILES string of the molecule is CCC(C)NCC(CN)OC. The first-order chi connectivity index (χ1) is 5.24. The van der Waals surface area contributed by atoms with Crippen molar-refractivity contribution in [1.82, 2.24) is 5.32 Å². The highest BCUT2D eigenvalue weighted by Crippen LogP contribution is 1.90. The van der Waals surface area contributed by atoms with Gasteiger partial charge in [0.1, 0.15) is 0 Å². The van der Waals surface area contributed by atoms with Gasteiger partial charge < -0.3 is 15.8 Å². The second kappa shape index (κ2) is 6.58. The number of hydrogen-bond acceptors (Lipinski definition) is 3. The molecule has 2 unspecified atom stereocenters. The molecule has 0 aromatic heterocycles. The first-order valence-electron chi connectivity index (χ1n) is 4.20. The zero-order chi connectivity index (χ0) is 8.69. The van der Waals surface area contributed by atoms with Crippen LogP contribution in [0.5, 0.6) is 0 Å². The lowest BCUT2D eigenvalue weighted by atomic mass is 10.2. The van der Waals surface area contributed by atoms with Crippen molar-refractivity contribution in [3.8, 4) is 0 Å². The molecule has 0 aliphatic rings. The van der Waals surface area contributed by atoms with E-state index in [2.05, 4.69) is 19.2 Å². The highest BCUT2D eigenvalue weighted by atomic mass is 16.5. The molecule has 0 saturated heterocycles. The van der Waals surface area contributed by atoms with Crippen LogP contribution in [0.3, 0.4) is 0 Å². The number of methoxy groups -OCH3 is 1. The van der Waals surface area contributed by atoms with Crippen LogP contribution in [0, 0.1) is 0 Å². The average Bonchev–Trinajstić information content (AvgIpc) is 2.06. The number of nitrogens with two attached hydrogens (primary N) is 1. The third-order valence-electron chi connectivity index (χ3n) is 1.90. The zero-order valence-electron chi connectivity index (χ0n) is 7.76. The summed E-state index contributed by atoms with van der Waals surface area (Å²) in [4.78, 5) is 0. The molecule has 0 radical (unpaired) electrons. The summed E-state index contributed by atoms with van der Waals surface area (Å²) < 4.78 is 5.11. The summed E-state index contributed by atoms with van der Waals surface area (Å²) in [6.45, 7) is 5.74. The van der Waals surface area contributed by atoms with Gasteiger partial charge in [-0.15, -0.1) is 0 Å². The Hall–Kier alpha value is -0.120. The molecule has 0 aliphatic carbocycles. The van der Waals surface area contributed by atoms with E-state index in [1.54, 1.807) is 7.11 Å². The second-order valence-electron chi connectivity index (χ2n) is 2.81. The van der Waals surface area contributed by atoms with Crippen molar-refractivity contribution in [3.05, 3.63) is 0 Å². The molecule has 0 aliphatic heterocycles. The maximum absolute atomic E-state index is 5.45. The number of nitrogens with one attached hydrogen (secondary N) is 1. The molecule has 0 aromatic rings. The van der Waals surface area contributed by atoms with Gasteiger partial charge in [-0.3, -0.25) is 0 Å². The molecule has 3 nitrogen and oxygen atoms in total. The molecule has 0 fully saturated rings. The van der Waals surface area contributed by atoms with Gasteiger partial charge in [-0.05, 0) is 13.3 Å². The van der Waals surface area contributed by atoms with Crippen molar-refractivity contribution in [3.63, 3.8) is 0 Å². The largest absolute Gasteiger partial charge is 0.379 e. The minimum Gasteiger partial charge on any atom is -0.379 e. The fraction of sp³-hybridized carbons (Fsp3) is 1.00. The molecule has 0 amide bonds. The summed E-state index contributed by atoms with van der Waals surface area (Å²) >= 11 is 0. The van der Waals surface area contributed by atoms with E-state index >= 15 is 0 Å². The summed E-state index contributed by atoms with van der Waals surface area (Å²) in [7, 11) is 1.69. The Morgan fingerprint density at radius 2 is 2.18 bits per heavy atom. The molecule has 0 heterocycles. The van der Waals surface area contributed by atoms with Crippen LogP contribution >= 0.6 is 0 Å². The summed E-state index contributed by atoms with van der Waals surface area (Å²) in [6.07, 6.45) is 1.30. The fourth-order valence-corrected chi connectivity index (χ4v) is 0.740. The van der Waals surface area contributed by atoms with Crippen molar-refractivity contribution >= 4 is 0 Å². The average molecular weight is 160 g/mol. The number of hydrogen-bond donors (Lipinski definition) is 2. The Morgan fingerprint density at radius 1 is 1.55 bits per heavy atom. The smallest absolute Gasteiger partial charge is 0.0817 e. The monoisotopic (exact) mass is 160 g/mol. The Labute approximate surface area is 69.3 Å². The minimum atomic E-state index is 0.156. The Bertz CT molecular complexity index is 84.2. The number of rotatable bonds is 6. The van der Waals surface area contributed by atoms with E-state index < -0.39 is 0 Å². The van der Waals surface area contributed by atoms with Gasteiger partial charge in [-0.1, -0.05) is 6.92 Å². The molecule has 2 atom stereocenters. The van der Waals surface area contributed by atoms with Crippen LogP contribution < -0.4 is 11.1 Å². The van der Waals surface area contributed by atoms with E-state index in [9.17, 15) is 0 Å². The summed E-state index contributed by atoms with van der Waals surface area (Å²) in [5.41, 5.74) is 5.45. The second-order valence-corrected chi connectivity index (χ2v) is 2.81. The van der Waals surface area contributed by atoms with E-state index in [1.807, 2.05) is 0 Å². The van der Waals surface area contributed by atoms with Gasteiger partial charge in [0, 0.05) is 26.2 Å². The molecule has 0 bridgehead atoms. The molecule has 3 heteroatoms. The van der Waals surface area contributed by atoms with Crippen LogP contribution in [-0.2, 0) is 4.74 Å². The molecular formula is C8H20N2O. The van der Waals surface area contributed by atoms with Crippen molar-refractivity contribution in [1.29, 1.82) is 0 Å². The van der Waals surface area contributed by atoms with Crippen LogP contribution in [-0.4, -0.2) is 32.3 Å². The molecule has 68 valence electrons. The maximum Gasteiger partial charge on any atom is 0.0817 e. The van der Waals surface area contributed by atoms with Crippen LogP contribution in [0.2, 0.25) is 0 Å². The third kappa shape index (κ3) is 5.18. The van der Waals surface area contributed by atoms with Crippen molar-refractivity contribution in [2.75, 3.05) is 20.2 Å². The minimum absolute atomic E-state index is 0.156. The van der Waals surface area contributed by atoms with E-state index in [-0.39, 0.29) is 6.10 Å². The van der Waals surface area contributed by atoms with Gasteiger partial charge in [-0.25, -0.2) is 0 Å². The number of ether oxygens (including phenoxy) is 1. The zero-order valence-corrected chi connectivity index (χ0v) is 7.76. The van der Waals surface area contributed by atoms with Crippen molar-refractivity contribution in [2.45, 2.75) is 32.4 Å². The fourth-order valence-electron chi connectivity index (χ4n) is 0.740. The molecule has 0 saturated carbocycles. The molecular weight excluding hydrogens is 140 g/mol. The predicted molar refractivity (Wildman–Crippen MR) is 47.6 cm³/mol. The van der Waals surface area contributed by atoms with Gasteiger partial charge >= 0.3 is 0 Å². The van der Waals surface area contributed by atoms with Gasteiger partial charge in [0.15, 0.2) is 0 Å². The van der Waals surface area contributed by atoms with Crippen LogP contribution in [0.15, 0.2) is 0 Å². The lowest BCUT2D eigenvalue weighted by molar-refractivity contribution is 0.106. The van der Waals surface area contributed by atoms with E-state index in [1.165, 1.54) is 0 Å². The molecule has 0 spiro atoms.